The summed E-state index contributed by atoms with van der Waals surface area (Å²) in [5.74, 6) is 1.89. The number of fused-ring (bicyclic) bond motifs is 1. The molecule has 0 bridgehead atoms. The molecule has 9 heteroatoms. The van der Waals surface area contributed by atoms with Crippen LogP contribution < -0.4 is 20.9 Å². The molecule has 4 rings (SSSR count). The van der Waals surface area contributed by atoms with Crippen LogP contribution in [0.4, 0.5) is 11.6 Å². The minimum atomic E-state index is 0.320. The number of halogens is 1. The van der Waals surface area contributed by atoms with Crippen LogP contribution in [0.5, 0.6) is 11.6 Å². The van der Waals surface area contributed by atoms with E-state index in [0.29, 0.717) is 34.8 Å². The van der Waals surface area contributed by atoms with Crippen molar-refractivity contribution in [2.24, 2.45) is 0 Å². The summed E-state index contributed by atoms with van der Waals surface area (Å²) in [4.78, 5) is 17.2. The minimum absolute atomic E-state index is 0.320. The standard InChI is InChI=1S/C20H18ClN7O/c1-22-28-20-19(25-9-13-4-5-17-14(7-13)3-2-6-24-17)27-18(12-26-20)29-16-8-15(21)10-23-11-16/h2-8,10-12,22H,9H2,1H3,(H,25,27)(H,26,28). The Balaban J connectivity index is 1.55. The van der Waals surface area contributed by atoms with E-state index in [4.69, 9.17) is 16.3 Å². The highest BCUT2D eigenvalue weighted by Crippen LogP contribution is 2.25. The van der Waals surface area contributed by atoms with Crippen molar-refractivity contribution in [2.45, 2.75) is 6.54 Å². The molecule has 3 N–H and O–H groups in total. The topological polar surface area (TPSA) is 96.9 Å². The monoisotopic (exact) mass is 407 g/mol. The van der Waals surface area contributed by atoms with Crippen LogP contribution in [0.15, 0.2) is 61.2 Å². The summed E-state index contributed by atoms with van der Waals surface area (Å²) in [5, 5.41) is 4.86. The molecule has 0 aliphatic heterocycles. The molecule has 0 spiro atoms. The molecule has 3 heterocycles. The van der Waals surface area contributed by atoms with Crippen molar-refractivity contribution in [1.82, 2.24) is 25.4 Å². The average Bonchev–Trinajstić information content (AvgIpc) is 2.74. The highest BCUT2D eigenvalue weighted by atomic mass is 35.5. The largest absolute Gasteiger partial charge is 0.436 e. The van der Waals surface area contributed by atoms with E-state index in [-0.39, 0.29) is 0 Å². The summed E-state index contributed by atoms with van der Waals surface area (Å²) in [7, 11) is 1.75. The first-order chi connectivity index (χ1) is 14.2. The smallest absolute Gasteiger partial charge is 0.240 e. The summed E-state index contributed by atoms with van der Waals surface area (Å²) in [6.07, 6.45) is 6.40. The van der Waals surface area contributed by atoms with E-state index in [2.05, 4.69) is 42.2 Å². The van der Waals surface area contributed by atoms with E-state index in [1.54, 1.807) is 25.5 Å². The molecule has 0 aliphatic rings. The number of benzene rings is 1. The molecular formula is C20H18ClN7O. The first-order valence-corrected chi connectivity index (χ1v) is 9.25. The summed E-state index contributed by atoms with van der Waals surface area (Å²) in [6.45, 7) is 0.556. The number of rotatable bonds is 7. The molecule has 0 amide bonds. The van der Waals surface area contributed by atoms with Gasteiger partial charge >= 0.3 is 0 Å². The Morgan fingerprint density at radius 3 is 2.83 bits per heavy atom. The predicted molar refractivity (Wildman–Crippen MR) is 113 cm³/mol. The SMILES string of the molecule is CNNc1ncc(Oc2cncc(Cl)c2)nc1NCc1ccc2ncccc2c1. The van der Waals surface area contributed by atoms with Crippen LogP contribution in [-0.4, -0.2) is 27.0 Å². The number of nitrogens with one attached hydrogen (secondary N) is 3. The van der Waals surface area contributed by atoms with E-state index in [0.717, 1.165) is 16.5 Å². The lowest BCUT2D eigenvalue weighted by Gasteiger charge is -2.13. The number of aromatic nitrogens is 4. The van der Waals surface area contributed by atoms with Gasteiger partial charge in [-0.15, -0.1) is 0 Å². The van der Waals surface area contributed by atoms with Gasteiger partial charge in [0, 0.05) is 37.4 Å². The third-order valence-corrected chi connectivity index (χ3v) is 4.23. The Labute approximate surface area is 172 Å². The van der Waals surface area contributed by atoms with Gasteiger partial charge in [0.1, 0.15) is 5.75 Å². The summed E-state index contributed by atoms with van der Waals surface area (Å²) in [5.41, 5.74) is 7.86. The molecule has 0 unspecified atom stereocenters. The predicted octanol–water partition coefficient (Wildman–Crippen LogP) is 4.02. The van der Waals surface area contributed by atoms with Crippen molar-refractivity contribution in [1.29, 1.82) is 0 Å². The van der Waals surface area contributed by atoms with Crippen molar-refractivity contribution >= 4 is 34.1 Å². The van der Waals surface area contributed by atoms with Crippen molar-refractivity contribution in [2.75, 3.05) is 17.8 Å². The van der Waals surface area contributed by atoms with Crippen LogP contribution in [-0.2, 0) is 6.54 Å². The number of hydrazine groups is 1. The van der Waals surface area contributed by atoms with Gasteiger partial charge in [-0.25, -0.2) is 10.4 Å². The quantitative estimate of drug-likeness (QED) is 0.395. The van der Waals surface area contributed by atoms with Gasteiger partial charge < -0.3 is 15.5 Å². The number of pyridine rings is 2. The van der Waals surface area contributed by atoms with Gasteiger partial charge in [-0.1, -0.05) is 23.7 Å². The van der Waals surface area contributed by atoms with E-state index in [1.165, 1.54) is 12.4 Å². The fourth-order valence-electron chi connectivity index (χ4n) is 2.74. The van der Waals surface area contributed by atoms with Crippen LogP contribution in [0.25, 0.3) is 10.9 Å². The Bertz CT molecular complexity index is 1140. The first kappa shape index (κ1) is 18.9. The molecule has 146 valence electrons. The molecule has 0 saturated carbocycles. The summed E-state index contributed by atoms with van der Waals surface area (Å²) >= 11 is 5.95. The minimum Gasteiger partial charge on any atom is -0.436 e. The van der Waals surface area contributed by atoms with Gasteiger partial charge in [-0.3, -0.25) is 9.97 Å². The van der Waals surface area contributed by atoms with Gasteiger partial charge in [-0.2, -0.15) is 4.98 Å². The maximum atomic E-state index is 5.95. The Kier molecular flexibility index (Phi) is 5.64. The average molecular weight is 408 g/mol. The summed E-state index contributed by atoms with van der Waals surface area (Å²) < 4.78 is 5.73. The zero-order valence-electron chi connectivity index (χ0n) is 15.6. The summed E-state index contributed by atoms with van der Waals surface area (Å²) in [6, 6.07) is 11.7. The Morgan fingerprint density at radius 1 is 1.03 bits per heavy atom. The zero-order valence-corrected chi connectivity index (χ0v) is 16.3. The second kappa shape index (κ2) is 8.68. The number of anilines is 2. The number of hydrogen-bond donors (Lipinski definition) is 3. The van der Waals surface area contributed by atoms with E-state index >= 15 is 0 Å². The maximum Gasteiger partial charge on any atom is 0.240 e. The number of hydrogen-bond acceptors (Lipinski definition) is 8. The lowest BCUT2D eigenvalue weighted by atomic mass is 10.1. The second-order valence-electron chi connectivity index (χ2n) is 6.11. The van der Waals surface area contributed by atoms with E-state index in [1.807, 2.05) is 24.3 Å². The van der Waals surface area contributed by atoms with Crippen LogP contribution in [0.1, 0.15) is 5.56 Å². The highest BCUT2D eigenvalue weighted by molar-refractivity contribution is 6.30. The van der Waals surface area contributed by atoms with Crippen molar-refractivity contribution in [3.63, 3.8) is 0 Å². The molecule has 0 atom stereocenters. The molecule has 3 aromatic heterocycles. The molecule has 4 aromatic rings. The van der Waals surface area contributed by atoms with Crippen LogP contribution in [0, 0.1) is 0 Å². The molecule has 0 saturated heterocycles. The fourth-order valence-corrected chi connectivity index (χ4v) is 2.91. The molecule has 0 aliphatic carbocycles. The first-order valence-electron chi connectivity index (χ1n) is 8.87. The van der Waals surface area contributed by atoms with Gasteiger partial charge in [0.25, 0.3) is 0 Å². The highest BCUT2D eigenvalue weighted by Gasteiger charge is 2.10. The van der Waals surface area contributed by atoms with Crippen molar-refractivity contribution in [3.8, 4) is 11.6 Å². The third-order valence-electron chi connectivity index (χ3n) is 4.02. The lowest BCUT2D eigenvalue weighted by molar-refractivity contribution is 0.459. The lowest BCUT2D eigenvalue weighted by Crippen LogP contribution is -2.18. The third kappa shape index (κ3) is 4.68. The molecule has 29 heavy (non-hydrogen) atoms. The van der Waals surface area contributed by atoms with Crippen LogP contribution >= 0.6 is 11.6 Å². The van der Waals surface area contributed by atoms with Gasteiger partial charge in [-0.05, 0) is 23.8 Å². The molecule has 0 fully saturated rings. The molecule has 8 nitrogen and oxygen atoms in total. The molecule has 0 radical (unpaired) electrons. The van der Waals surface area contributed by atoms with Crippen molar-refractivity contribution < 1.29 is 4.74 Å². The second-order valence-corrected chi connectivity index (χ2v) is 6.54. The number of nitrogens with zero attached hydrogens (tertiary/aromatic N) is 4. The Hall–Kier alpha value is -3.49. The van der Waals surface area contributed by atoms with Gasteiger partial charge in [0.05, 0.1) is 22.9 Å². The zero-order chi connectivity index (χ0) is 20.1. The number of ether oxygens (including phenoxy) is 1. The van der Waals surface area contributed by atoms with Crippen LogP contribution in [0.2, 0.25) is 5.02 Å². The molecule has 1 aromatic carbocycles. The maximum absolute atomic E-state index is 5.95. The van der Waals surface area contributed by atoms with Gasteiger partial charge in [0.2, 0.25) is 5.88 Å². The van der Waals surface area contributed by atoms with Crippen molar-refractivity contribution in [3.05, 3.63) is 71.8 Å². The normalized spacial score (nSPS) is 10.7. The molecular weight excluding hydrogens is 390 g/mol. The Morgan fingerprint density at radius 2 is 1.97 bits per heavy atom. The van der Waals surface area contributed by atoms with Crippen LogP contribution in [0.3, 0.4) is 0 Å². The van der Waals surface area contributed by atoms with E-state index in [9.17, 15) is 0 Å². The van der Waals surface area contributed by atoms with E-state index < -0.39 is 0 Å². The fraction of sp³-hybridized carbons (Fsp3) is 0.100. The van der Waals surface area contributed by atoms with Gasteiger partial charge in [0.15, 0.2) is 11.6 Å².